The van der Waals surface area contributed by atoms with Crippen molar-refractivity contribution in [2.75, 3.05) is 19.7 Å². The van der Waals surface area contributed by atoms with E-state index in [0.29, 0.717) is 0 Å². The van der Waals surface area contributed by atoms with Crippen molar-refractivity contribution in [1.29, 1.82) is 0 Å². The van der Waals surface area contributed by atoms with E-state index in [9.17, 15) is 9.59 Å². The summed E-state index contributed by atoms with van der Waals surface area (Å²) in [5.74, 6) is -1.32. The fourth-order valence-corrected chi connectivity index (χ4v) is 0.677. The molecule has 0 aromatic carbocycles. The lowest BCUT2D eigenvalue weighted by molar-refractivity contribution is -0.135. The van der Waals surface area contributed by atoms with E-state index in [4.69, 9.17) is 21.1 Å². The molecule has 0 aliphatic heterocycles. The molecule has 7 nitrogen and oxygen atoms in total. The molecular weight excluding hydrogens is 192 g/mol. The van der Waals surface area contributed by atoms with Crippen LogP contribution in [0.3, 0.4) is 0 Å². The summed E-state index contributed by atoms with van der Waals surface area (Å²) >= 11 is 0. The molecule has 0 fully saturated rings. The molecule has 0 saturated heterocycles. The number of carbonyl (C=O) groups excluding carboxylic acids is 2. The van der Waals surface area contributed by atoms with Gasteiger partial charge >= 0.3 is 0 Å². The van der Waals surface area contributed by atoms with Crippen molar-refractivity contribution in [2.45, 2.75) is 12.2 Å². The van der Waals surface area contributed by atoms with Crippen LogP contribution < -0.4 is 11.1 Å². The Labute approximate surface area is 80.5 Å². The third kappa shape index (κ3) is 4.28. The molecule has 82 valence electrons. The van der Waals surface area contributed by atoms with Crippen molar-refractivity contribution >= 4 is 11.7 Å². The Morgan fingerprint density at radius 2 is 1.93 bits per heavy atom. The zero-order valence-electron chi connectivity index (χ0n) is 7.51. The van der Waals surface area contributed by atoms with Crippen LogP contribution in [0.25, 0.3) is 0 Å². The van der Waals surface area contributed by atoms with Crippen molar-refractivity contribution in [3.63, 3.8) is 0 Å². The highest BCUT2D eigenvalue weighted by Crippen LogP contribution is 1.93. The lowest BCUT2D eigenvalue weighted by atomic mass is 10.1. The second kappa shape index (κ2) is 6.44. The fraction of sp³-hybridized carbons (Fsp3) is 0.714. The van der Waals surface area contributed by atoms with Crippen molar-refractivity contribution in [3.05, 3.63) is 0 Å². The van der Waals surface area contributed by atoms with Crippen molar-refractivity contribution in [3.8, 4) is 0 Å². The fourth-order valence-electron chi connectivity index (χ4n) is 0.677. The molecule has 0 aliphatic rings. The number of nitrogens with two attached hydrogens (primary N) is 1. The first-order valence-corrected chi connectivity index (χ1v) is 3.99. The monoisotopic (exact) mass is 206 g/mol. The second-order valence-electron chi connectivity index (χ2n) is 2.64. The molecule has 1 amide bonds. The van der Waals surface area contributed by atoms with Gasteiger partial charge in [-0.25, -0.2) is 0 Å². The van der Waals surface area contributed by atoms with Crippen LogP contribution >= 0.6 is 0 Å². The van der Waals surface area contributed by atoms with Gasteiger partial charge < -0.3 is 26.4 Å². The van der Waals surface area contributed by atoms with Gasteiger partial charge in [-0.15, -0.1) is 0 Å². The Hall–Kier alpha value is -1.02. The Balaban J connectivity index is 3.90. The SMILES string of the molecule is NCC(=O)NCC(=O)C(O)C(O)CO. The average Bonchev–Trinajstić information content (AvgIpc) is 2.22. The molecule has 0 saturated carbocycles. The van der Waals surface area contributed by atoms with E-state index in [2.05, 4.69) is 5.32 Å². The summed E-state index contributed by atoms with van der Waals surface area (Å²) in [6, 6.07) is 0. The molecule has 7 heteroatoms. The summed E-state index contributed by atoms with van der Waals surface area (Å²) in [7, 11) is 0. The van der Waals surface area contributed by atoms with Gasteiger partial charge in [-0.3, -0.25) is 9.59 Å². The smallest absolute Gasteiger partial charge is 0.234 e. The molecule has 0 bridgehead atoms. The number of Topliss-reactive ketones (excluding diaryl/α,β-unsaturated/α-hetero) is 1. The topological polar surface area (TPSA) is 133 Å². The Bertz CT molecular complexity index is 208. The van der Waals surface area contributed by atoms with Gasteiger partial charge in [0.1, 0.15) is 12.2 Å². The van der Waals surface area contributed by atoms with Gasteiger partial charge in [0.2, 0.25) is 5.91 Å². The molecule has 14 heavy (non-hydrogen) atoms. The maximum absolute atomic E-state index is 11.0. The normalized spacial score (nSPS) is 14.6. The molecule has 0 aromatic rings. The van der Waals surface area contributed by atoms with Crippen LogP contribution in [0.5, 0.6) is 0 Å². The third-order valence-corrected chi connectivity index (χ3v) is 1.53. The first kappa shape index (κ1) is 13.0. The third-order valence-electron chi connectivity index (χ3n) is 1.53. The molecule has 0 radical (unpaired) electrons. The molecule has 2 unspecified atom stereocenters. The molecule has 0 heterocycles. The number of ketones is 1. The van der Waals surface area contributed by atoms with Crippen LogP contribution in [0.4, 0.5) is 0 Å². The summed E-state index contributed by atoms with van der Waals surface area (Å²) in [5, 5.41) is 28.4. The summed E-state index contributed by atoms with van der Waals surface area (Å²) in [5.41, 5.74) is 4.95. The average molecular weight is 206 g/mol. The lowest BCUT2D eigenvalue weighted by Crippen LogP contribution is -2.43. The number of nitrogens with one attached hydrogen (secondary N) is 1. The quantitative estimate of drug-likeness (QED) is 0.304. The first-order valence-electron chi connectivity index (χ1n) is 3.99. The van der Waals surface area contributed by atoms with E-state index >= 15 is 0 Å². The van der Waals surface area contributed by atoms with E-state index in [-0.39, 0.29) is 6.54 Å². The minimum Gasteiger partial charge on any atom is -0.394 e. The number of hydrogen-bond acceptors (Lipinski definition) is 6. The minimum absolute atomic E-state index is 0.258. The summed E-state index contributed by atoms with van der Waals surface area (Å²) in [6.45, 7) is -1.40. The van der Waals surface area contributed by atoms with Gasteiger partial charge in [0.15, 0.2) is 5.78 Å². The standard InChI is InChI=1S/C7H14N2O5/c8-1-6(13)9-2-4(11)7(14)5(12)3-10/h5,7,10,12,14H,1-3,8H2,(H,9,13). The Morgan fingerprint density at radius 3 is 2.36 bits per heavy atom. The van der Waals surface area contributed by atoms with Crippen LogP contribution in [0.2, 0.25) is 0 Å². The number of rotatable bonds is 6. The van der Waals surface area contributed by atoms with Crippen LogP contribution in [-0.2, 0) is 9.59 Å². The molecule has 0 aliphatic carbocycles. The van der Waals surface area contributed by atoms with Crippen molar-refractivity contribution in [2.24, 2.45) is 5.73 Å². The van der Waals surface area contributed by atoms with Crippen molar-refractivity contribution < 1.29 is 24.9 Å². The Kier molecular flexibility index (Phi) is 5.97. The van der Waals surface area contributed by atoms with Crippen LogP contribution in [0.15, 0.2) is 0 Å². The second-order valence-corrected chi connectivity index (χ2v) is 2.64. The van der Waals surface area contributed by atoms with Crippen molar-refractivity contribution in [1.82, 2.24) is 5.32 Å². The molecular formula is C7H14N2O5. The van der Waals surface area contributed by atoms with Gasteiger partial charge in [-0.05, 0) is 0 Å². The van der Waals surface area contributed by atoms with Gasteiger partial charge in [-0.1, -0.05) is 0 Å². The summed E-state index contributed by atoms with van der Waals surface area (Å²) in [4.78, 5) is 21.6. The Morgan fingerprint density at radius 1 is 1.36 bits per heavy atom. The molecule has 0 aromatic heterocycles. The number of amides is 1. The van der Waals surface area contributed by atoms with Gasteiger partial charge in [-0.2, -0.15) is 0 Å². The summed E-state index contributed by atoms with van der Waals surface area (Å²) in [6.07, 6.45) is -3.23. The van der Waals surface area contributed by atoms with E-state index in [1.165, 1.54) is 0 Å². The van der Waals surface area contributed by atoms with E-state index in [1.54, 1.807) is 0 Å². The van der Waals surface area contributed by atoms with E-state index in [1.807, 2.05) is 0 Å². The van der Waals surface area contributed by atoms with E-state index in [0.717, 1.165) is 0 Å². The van der Waals surface area contributed by atoms with E-state index < -0.39 is 37.0 Å². The van der Waals surface area contributed by atoms with Gasteiger partial charge in [0, 0.05) is 0 Å². The molecule has 0 spiro atoms. The molecule has 6 N–H and O–H groups in total. The predicted molar refractivity (Wildman–Crippen MR) is 46.2 cm³/mol. The highest BCUT2D eigenvalue weighted by Gasteiger charge is 2.23. The number of carbonyl (C=O) groups is 2. The molecule has 0 rings (SSSR count). The predicted octanol–water partition coefficient (Wildman–Crippen LogP) is -3.66. The zero-order chi connectivity index (χ0) is 11.1. The van der Waals surface area contributed by atoms with Gasteiger partial charge in [0.05, 0.1) is 19.7 Å². The van der Waals surface area contributed by atoms with Crippen LogP contribution in [-0.4, -0.2) is 58.9 Å². The first-order chi connectivity index (χ1) is 6.52. The summed E-state index contributed by atoms with van der Waals surface area (Å²) < 4.78 is 0. The van der Waals surface area contributed by atoms with Crippen LogP contribution in [0.1, 0.15) is 0 Å². The zero-order valence-corrected chi connectivity index (χ0v) is 7.51. The highest BCUT2D eigenvalue weighted by atomic mass is 16.4. The minimum atomic E-state index is -1.70. The largest absolute Gasteiger partial charge is 0.394 e. The number of aliphatic hydroxyl groups is 3. The maximum atomic E-state index is 11.0. The van der Waals surface area contributed by atoms with Gasteiger partial charge in [0.25, 0.3) is 0 Å². The number of hydrogen-bond donors (Lipinski definition) is 5. The lowest BCUT2D eigenvalue weighted by Gasteiger charge is -2.14. The van der Waals surface area contributed by atoms with Crippen LogP contribution in [0, 0.1) is 0 Å². The maximum Gasteiger partial charge on any atom is 0.234 e. The highest BCUT2D eigenvalue weighted by molar-refractivity contribution is 5.89. The molecule has 2 atom stereocenters. The number of aliphatic hydroxyl groups excluding tert-OH is 3.